The standard InChI is InChI=1S/C22H19ClN2O4S/c1-29-21-10-8-17(14-19(21)23)24-22(26)16-7-9-20-15(13-16)11-12-25(20)30(27,28)18-5-3-2-4-6-18/h2-10,13-14H,11-12H2,1H3,(H,24,26). The van der Waals surface area contributed by atoms with E-state index in [4.69, 9.17) is 16.3 Å². The fourth-order valence-corrected chi connectivity index (χ4v) is 5.21. The lowest BCUT2D eigenvalue weighted by atomic mass is 10.1. The van der Waals surface area contributed by atoms with Crippen molar-refractivity contribution in [3.63, 3.8) is 0 Å². The van der Waals surface area contributed by atoms with Crippen molar-refractivity contribution in [3.8, 4) is 5.75 Å². The van der Waals surface area contributed by atoms with Gasteiger partial charge in [-0.05, 0) is 60.5 Å². The van der Waals surface area contributed by atoms with E-state index >= 15 is 0 Å². The molecule has 6 nitrogen and oxygen atoms in total. The summed E-state index contributed by atoms with van der Waals surface area (Å²) in [5, 5.41) is 3.19. The summed E-state index contributed by atoms with van der Waals surface area (Å²) in [7, 11) is -2.12. The van der Waals surface area contributed by atoms with Gasteiger partial charge in [0.2, 0.25) is 0 Å². The van der Waals surface area contributed by atoms with Gasteiger partial charge in [-0.2, -0.15) is 0 Å². The zero-order chi connectivity index (χ0) is 21.3. The first-order chi connectivity index (χ1) is 14.4. The molecule has 0 saturated carbocycles. The first-order valence-corrected chi connectivity index (χ1v) is 11.1. The van der Waals surface area contributed by atoms with Gasteiger partial charge in [0, 0.05) is 17.8 Å². The molecule has 0 radical (unpaired) electrons. The highest BCUT2D eigenvalue weighted by Gasteiger charge is 2.31. The Hall–Kier alpha value is -3.03. The monoisotopic (exact) mass is 442 g/mol. The van der Waals surface area contributed by atoms with Gasteiger partial charge >= 0.3 is 0 Å². The van der Waals surface area contributed by atoms with Gasteiger partial charge in [0.05, 0.1) is 22.7 Å². The summed E-state index contributed by atoms with van der Waals surface area (Å²) in [5.74, 6) is 0.218. The van der Waals surface area contributed by atoms with Crippen LogP contribution in [0.25, 0.3) is 0 Å². The Kier molecular flexibility index (Phi) is 5.40. The Morgan fingerprint density at radius 1 is 1.07 bits per heavy atom. The second-order valence-electron chi connectivity index (χ2n) is 6.79. The van der Waals surface area contributed by atoms with Crippen molar-refractivity contribution in [3.05, 3.63) is 82.9 Å². The number of carbonyl (C=O) groups excluding carboxylic acids is 1. The quantitative estimate of drug-likeness (QED) is 0.637. The molecule has 0 unspecified atom stereocenters. The topological polar surface area (TPSA) is 75.7 Å². The molecule has 1 aliphatic rings. The lowest BCUT2D eigenvalue weighted by Gasteiger charge is -2.19. The lowest BCUT2D eigenvalue weighted by molar-refractivity contribution is 0.102. The van der Waals surface area contributed by atoms with E-state index < -0.39 is 10.0 Å². The van der Waals surface area contributed by atoms with E-state index in [0.29, 0.717) is 40.7 Å². The van der Waals surface area contributed by atoms with E-state index in [1.165, 1.54) is 11.4 Å². The van der Waals surface area contributed by atoms with Gasteiger partial charge in [-0.3, -0.25) is 9.10 Å². The molecule has 4 rings (SSSR count). The van der Waals surface area contributed by atoms with Crippen molar-refractivity contribution in [1.82, 2.24) is 0 Å². The highest BCUT2D eigenvalue weighted by molar-refractivity contribution is 7.92. The largest absolute Gasteiger partial charge is 0.495 e. The van der Waals surface area contributed by atoms with E-state index in [1.807, 2.05) is 0 Å². The van der Waals surface area contributed by atoms with Crippen LogP contribution in [0.5, 0.6) is 5.75 Å². The van der Waals surface area contributed by atoms with Crippen LogP contribution in [0.3, 0.4) is 0 Å². The molecule has 154 valence electrons. The molecule has 0 saturated heterocycles. The zero-order valence-corrected chi connectivity index (χ0v) is 17.7. The van der Waals surface area contributed by atoms with Crippen LogP contribution in [0.4, 0.5) is 11.4 Å². The number of nitrogens with zero attached hydrogens (tertiary/aromatic N) is 1. The molecule has 8 heteroatoms. The number of sulfonamides is 1. The highest BCUT2D eigenvalue weighted by atomic mass is 35.5. The molecule has 3 aromatic carbocycles. The third kappa shape index (κ3) is 3.74. The van der Waals surface area contributed by atoms with Gasteiger partial charge in [0.1, 0.15) is 5.75 Å². The van der Waals surface area contributed by atoms with Crippen LogP contribution in [0.2, 0.25) is 5.02 Å². The predicted molar refractivity (Wildman–Crippen MR) is 117 cm³/mol. The highest BCUT2D eigenvalue weighted by Crippen LogP contribution is 2.34. The minimum absolute atomic E-state index is 0.246. The van der Waals surface area contributed by atoms with Crippen LogP contribution in [-0.4, -0.2) is 28.0 Å². The predicted octanol–water partition coefficient (Wildman–Crippen LogP) is 4.35. The smallest absolute Gasteiger partial charge is 0.264 e. The molecule has 1 amide bonds. The van der Waals surface area contributed by atoms with E-state index in [2.05, 4.69) is 5.32 Å². The van der Waals surface area contributed by atoms with E-state index in [9.17, 15) is 13.2 Å². The van der Waals surface area contributed by atoms with Crippen molar-refractivity contribution in [2.75, 3.05) is 23.3 Å². The fraction of sp³-hybridized carbons (Fsp3) is 0.136. The summed E-state index contributed by atoms with van der Waals surface area (Å²) in [6, 6.07) is 18.3. The molecule has 0 atom stereocenters. The molecule has 0 aromatic heterocycles. The SMILES string of the molecule is COc1ccc(NC(=O)c2ccc3c(c2)CCN3S(=O)(=O)c2ccccc2)cc1Cl. The molecular weight excluding hydrogens is 424 g/mol. The average Bonchev–Trinajstić information content (AvgIpc) is 3.18. The molecular formula is C22H19ClN2O4S. The normalized spacial score (nSPS) is 13.1. The minimum Gasteiger partial charge on any atom is -0.495 e. The second-order valence-corrected chi connectivity index (χ2v) is 9.06. The van der Waals surface area contributed by atoms with Crippen LogP contribution in [-0.2, 0) is 16.4 Å². The van der Waals surface area contributed by atoms with Crippen molar-refractivity contribution in [1.29, 1.82) is 0 Å². The molecule has 1 N–H and O–H groups in total. The van der Waals surface area contributed by atoms with Crippen LogP contribution in [0.1, 0.15) is 15.9 Å². The van der Waals surface area contributed by atoms with Crippen molar-refractivity contribution in [2.45, 2.75) is 11.3 Å². The molecule has 30 heavy (non-hydrogen) atoms. The van der Waals surface area contributed by atoms with Crippen molar-refractivity contribution in [2.24, 2.45) is 0 Å². The fourth-order valence-electron chi connectivity index (χ4n) is 3.43. The Bertz CT molecular complexity index is 1210. The number of rotatable bonds is 5. The van der Waals surface area contributed by atoms with Crippen molar-refractivity contribution >= 4 is 38.9 Å². The number of carbonyl (C=O) groups is 1. The molecule has 0 bridgehead atoms. The maximum Gasteiger partial charge on any atom is 0.264 e. The van der Waals surface area contributed by atoms with Gasteiger partial charge in [0.25, 0.3) is 15.9 Å². The summed E-state index contributed by atoms with van der Waals surface area (Å²) >= 11 is 6.11. The second kappa shape index (κ2) is 8.01. The third-order valence-corrected chi connectivity index (χ3v) is 7.06. The van der Waals surface area contributed by atoms with Gasteiger partial charge in [-0.1, -0.05) is 29.8 Å². The van der Waals surface area contributed by atoms with Crippen LogP contribution in [0.15, 0.2) is 71.6 Å². The van der Waals surface area contributed by atoms with Crippen LogP contribution >= 0.6 is 11.6 Å². The number of halogens is 1. The van der Waals surface area contributed by atoms with E-state index in [-0.39, 0.29) is 10.8 Å². The Labute approximate surface area is 180 Å². The Morgan fingerprint density at radius 3 is 2.53 bits per heavy atom. The summed E-state index contributed by atoms with van der Waals surface area (Å²) in [6.07, 6.45) is 0.539. The van der Waals surface area contributed by atoms with Crippen LogP contribution < -0.4 is 14.4 Å². The summed E-state index contributed by atoms with van der Waals surface area (Å²) in [5.41, 5.74) is 2.40. The number of hydrogen-bond acceptors (Lipinski definition) is 4. The number of anilines is 2. The number of hydrogen-bond donors (Lipinski definition) is 1. The molecule has 3 aromatic rings. The van der Waals surface area contributed by atoms with Crippen LogP contribution in [0, 0.1) is 0 Å². The maximum absolute atomic E-state index is 13.0. The Morgan fingerprint density at radius 2 is 1.83 bits per heavy atom. The number of benzene rings is 3. The van der Waals surface area contributed by atoms with Gasteiger partial charge in [-0.25, -0.2) is 8.42 Å². The summed E-state index contributed by atoms with van der Waals surface area (Å²) in [6.45, 7) is 0.339. The lowest BCUT2D eigenvalue weighted by Crippen LogP contribution is -2.29. The summed E-state index contributed by atoms with van der Waals surface area (Å²) < 4.78 is 32.4. The Balaban J connectivity index is 1.56. The molecule has 1 aliphatic heterocycles. The molecule has 0 aliphatic carbocycles. The maximum atomic E-state index is 13.0. The van der Waals surface area contributed by atoms with Gasteiger partial charge < -0.3 is 10.1 Å². The number of amides is 1. The third-order valence-electron chi connectivity index (χ3n) is 4.94. The number of methoxy groups -OCH3 is 1. The molecule has 0 spiro atoms. The molecule has 1 heterocycles. The zero-order valence-electron chi connectivity index (χ0n) is 16.1. The van der Waals surface area contributed by atoms with Gasteiger partial charge in [0.15, 0.2) is 0 Å². The minimum atomic E-state index is -3.64. The first kappa shape index (κ1) is 20.3. The van der Waals surface area contributed by atoms with Crippen molar-refractivity contribution < 1.29 is 17.9 Å². The number of fused-ring (bicyclic) bond motifs is 1. The number of nitrogens with one attached hydrogen (secondary N) is 1. The van der Waals surface area contributed by atoms with Gasteiger partial charge in [-0.15, -0.1) is 0 Å². The number of ether oxygens (including phenoxy) is 1. The average molecular weight is 443 g/mol. The first-order valence-electron chi connectivity index (χ1n) is 9.26. The van der Waals surface area contributed by atoms with E-state index in [1.54, 1.807) is 66.7 Å². The summed E-state index contributed by atoms with van der Waals surface area (Å²) in [4.78, 5) is 12.9. The molecule has 0 fully saturated rings. The van der Waals surface area contributed by atoms with E-state index in [0.717, 1.165) is 5.56 Å².